The minimum Gasteiger partial charge on any atom is -0.449 e. The zero-order valence-corrected chi connectivity index (χ0v) is 25.8. The van der Waals surface area contributed by atoms with Crippen molar-refractivity contribution in [1.82, 2.24) is 14.8 Å². The Morgan fingerprint density at radius 1 is 1.22 bits per heavy atom. The van der Waals surface area contributed by atoms with Crippen LogP contribution >= 0.6 is 19.6 Å². The van der Waals surface area contributed by atoms with E-state index in [9.17, 15) is 18.1 Å². The SMILES string of the molecule is C[C@@H](SC1COC(/C=C/C=C/c2ccc(C#N)cc2F)OC1)[C@@](Cn1cncn1)(OC(=O)COP(=O)(O)O)c1ccc(F)cc1F. The summed E-state index contributed by atoms with van der Waals surface area (Å²) in [5.41, 5.74) is -1.63. The molecule has 244 valence electrons. The number of phosphoric ester groups is 1. The monoisotopic (exact) mass is 680 g/mol. The van der Waals surface area contributed by atoms with Crippen molar-refractivity contribution in [3.8, 4) is 6.07 Å². The van der Waals surface area contributed by atoms with Crippen LogP contribution in [0.25, 0.3) is 6.08 Å². The van der Waals surface area contributed by atoms with Crippen LogP contribution in [0.2, 0.25) is 0 Å². The summed E-state index contributed by atoms with van der Waals surface area (Å²) in [6.45, 7) is 0.467. The highest BCUT2D eigenvalue weighted by atomic mass is 32.2. The van der Waals surface area contributed by atoms with Crippen LogP contribution in [-0.2, 0) is 40.2 Å². The molecule has 2 atom stereocenters. The molecule has 17 heteroatoms. The Morgan fingerprint density at radius 2 is 1.98 bits per heavy atom. The number of esters is 1. The highest BCUT2D eigenvalue weighted by Gasteiger charge is 2.47. The number of ether oxygens (including phenoxy) is 3. The number of carbonyl (C=O) groups excluding carboxylic acids is 1. The van der Waals surface area contributed by atoms with E-state index in [1.54, 1.807) is 25.2 Å². The lowest BCUT2D eigenvalue weighted by molar-refractivity contribution is -0.166. The number of hydrogen-bond acceptors (Lipinski definition) is 10. The molecule has 1 saturated heterocycles. The molecule has 46 heavy (non-hydrogen) atoms. The van der Waals surface area contributed by atoms with Crippen molar-refractivity contribution >= 4 is 31.6 Å². The molecule has 1 aromatic heterocycles. The highest BCUT2D eigenvalue weighted by molar-refractivity contribution is 8.00. The first-order valence-corrected chi connectivity index (χ1v) is 16.0. The predicted octanol–water partition coefficient (Wildman–Crippen LogP) is 4.25. The molecule has 0 saturated carbocycles. The minimum absolute atomic E-state index is 0.151. The van der Waals surface area contributed by atoms with Gasteiger partial charge >= 0.3 is 13.8 Å². The van der Waals surface area contributed by atoms with Crippen LogP contribution in [0, 0.1) is 28.8 Å². The van der Waals surface area contributed by atoms with Crippen LogP contribution in [0.1, 0.15) is 23.6 Å². The number of nitriles is 1. The van der Waals surface area contributed by atoms with Crippen molar-refractivity contribution in [2.75, 3.05) is 19.8 Å². The first-order valence-electron chi connectivity index (χ1n) is 13.5. The van der Waals surface area contributed by atoms with Gasteiger partial charge in [-0.15, -0.1) is 11.8 Å². The Morgan fingerprint density at radius 3 is 2.61 bits per heavy atom. The number of benzene rings is 2. The molecule has 0 radical (unpaired) electrons. The number of nitrogens with zero attached hydrogens (tertiary/aromatic N) is 4. The van der Waals surface area contributed by atoms with Gasteiger partial charge in [0, 0.05) is 22.4 Å². The van der Waals surface area contributed by atoms with Gasteiger partial charge in [-0.05, 0) is 37.3 Å². The third-order valence-electron chi connectivity index (χ3n) is 6.63. The number of rotatable bonds is 13. The van der Waals surface area contributed by atoms with Gasteiger partial charge in [-0.25, -0.2) is 32.2 Å². The van der Waals surface area contributed by atoms with E-state index < -0.39 is 55.0 Å². The molecule has 12 nitrogen and oxygen atoms in total. The summed E-state index contributed by atoms with van der Waals surface area (Å²) in [6, 6.07) is 8.71. The van der Waals surface area contributed by atoms with Gasteiger partial charge in [0.2, 0.25) is 0 Å². The van der Waals surface area contributed by atoms with E-state index in [1.807, 2.05) is 6.07 Å². The molecule has 0 unspecified atom stereocenters. The van der Waals surface area contributed by atoms with Crippen molar-refractivity contribution in [3.05, 3.63) is 101 Å². The number of allylic oxidation sites excluding steroid dienone is 2. The van der Waals surface area contributed by atoms with Gasteiger partial charge in [0.05, 0.1) is 36.6 Å². The van der Waals surface area contributed by atoms with Crippen molar-refractivity contribution in [1.29, 1.82) is 5.26 Å². The number of aromatic nitrogens is 3. The molecule has 2 aromatic carbocycles. The number of carbonyl (C=O) groups is 1. The summed E-state index contributed by atoms with van der Waals surface area (Å²) in [7, 11) is -5.05. The Kier molecular flexibility index (Phi) is 11.9. The van der Waals surface area contributed by atoms with Crippen LogP contribution in [0.4, 0.5) is 13.2 Å². The lowest BCUT2D eigenvalue weighted by Crippen LogP contribution is -2.47. The second-order valence-electron chi connectivity index (χ2n) is 9.87. The minimum atomic E-state index is -5.05. The summed E-state index contributed by atoms with van der Waals surface area (Å²) in [4.78, 5) is 34.8. The van der Waals surface area contributed by atoms with Crippen molar-refractivity contribution < 1.29 is 51.1 Å². The van der Waals surface area contributed by atoms with Gasteiger partial charge in [0.15, 0.2) is 18.5 Å². The van der Waals surface area contributed by atoms with E-state index >= 15 is 4.39 Å². The third-order valence-corrected chi connectivity index (χ3v) is 8.54. The predicted molar refractivity (Wildman–Crippen MR) is 158 cm³/mol. The fraction of sp³-hybridized carbons (Fsp3) is 0.310. The maximum absolute atomic E-state index is 15.4. The number of thioether (sulfide) groups is 1. The van der Waals surface area contributed by atoms with Crippen LogP contribution in [0.5, 0.6) is 0 Å². The lowest BCUT2D eigenvalue weighted by Gasteiger charge is -2.40. The molecule has 2 N–H and O–H groups in total. The number of hydrogen-bond donors (Lipinski definition) is 2. The Balaban J connectivity index is 1.49. The molecule has 1 fully saturated rings. The summed E-state index contributed by atoms with van der Waals surface area (Å²) < 4.78 is 77.4. The molecule has 0 spiro atoms. The smallest absolute Gasteiger partial charge is 0.449 e. The first kappa shape index (κ1) is 35.1. The Labute approximate surface area is 265 Å². The summed E-state index contributed by atoms with van der Waals surface area (Å²) >= 11 is 1.21. The van der Waals surface area contributed by atoms with Crippen LogP contribution in [0.3, 0.4) is 0 Å². The quantitative estimate of drug-likeness (QED) is 0.150. The maximum atomic E-state index is 15.4. The van der Waals surface area contributed by atoms with E-state index in [2.05, 4.69) is 14.6 Å². The average molecular weight is 681 g/mol. The van der Waals surface area contributed by atoms with Crippen LogP contribution < -0.4 is 0 Å². The van der Waals surface area contributed by atoms with E-state index in [-0.39, 0.29) is 36.1 Å². The van der Waals surface area contributed by atoms with Crippen molar-refractivity contribution in [2.24, 2.45) is 0 Å². The molecule has 3 aromatic rings. The summed E-state index contributed by atoms with van der Waals surface area (Å²) in [5, 5.41) is 11.7. The lowest BCUT2D eigenvalue weighted by atomic mass is 9.89. The highest BCUT2D eigenvalue weighted by Crippen LogP contribution is 2.42. The Bertz CT molecular complexity index is 1660. The van der Waals surface area contributed by atoms with E-state index in [0.29, 0.717) is 11.6 Å². The number of halogens is 3. The van der Waals surface area contributed by atoms with Crippen molar-refractivity contribution in [2.45, 2.75) is 35.9 Å². The van der Waals surface area contributed by atoms with Gasteiger partial charge < -0.3 is 24.0 Å². The fourth-order valence-corrected chi connectivity index (χ4v) is 6.13. The second-order valence-corrected chi connectivity index (χ2v) is 12.8. The molecule has 1 aliphatic rings. The van der Waals surface area contributed by atoms with Crippen molar-refractivity contribution in [3.63, 3.8) is 0 Å². The van der Waals surface area contributed by atoms with Gasteiger partial charge in [0.25, 0.3) is 0 Å². The largest absolute Gasteiger partial charge is 0.470 e. The first-order chi connectivity index (χ1) is 21.9. The zero-order valence-electron chi connectivity index (χ0n) is 24.1. The normalized spacial score (nSPS) is 19.2. The zero-order chi connectivity index (χ0) is 33.3. The van der Waals surface area contributed by atoms with Crippen LogP contribution in [0.15, 0.2) is 67.3 Å². The third kappa shape index (κ3) is 9.60. The topological polar surface area (TPSA) is 166 Å². The van der Waals surface area contributed by atoms with Gasteiger partial charge in [-0.1, -0.05) is 24.3 Å². The molecule has 1 aliphatic heterocycles. The Hall–Kier alpha value is -3.81. The summed E-state index contributed by atoms with van der Waals surface area (Å²) in [6.07, 6.45) is 8.08. The van der Waals surface area contributed by atoms with E-state index in [4.69, 9.17) is 29.3 Å². The average Bonchev–Trinajstić information content (AvgIpc) is 3.52. The van der Waals surface area contributed by atoms with E-state index in [1.165, 1.54) is 47.3 Å². The standard InChI is InChI=1S/C29H28F3N4O8PS/c1-19(46-23-13-41-28(42-14-23)5-3-2-4-21-7-6-20(12-33)10-25(21)31)29(16-36-18-34-17-35-36,24-9-8-22(30)11-26(24)32)44-27(37)15-43-45(38,39)40/h2-11,17-19,23,28H,13-16H2,1H3,(H2,38,39,40)/b4-2+,5-3+/t19-,23?,28?,29-/m1/s1. The summed E-state index contributed by atoms with van der Waals surface area (Å²) in [5.74, 6) is -3.68. The molecule has 2 heterocycles. The number of phosphoric acid groups is 1. The molecule has 0 aliphatic carbocycles. The molecular weight excluding hydrogens is 652 g/mol. The molecule has 4 rings (SSSR count). The maximum Gasteiger partial charge on any atom is 0.470 e. The van der Waals surface area contributed by atoms with Gasteiger partial charge in [-0.2, -0.15) is 10.4 Å². The fourth-order valence-electron chi connectivity index (χ4n) is 4.49. The molecule has 0 amide bonds. The van der Waals surface area contributed by atoms with Crippen LogP contribution in [-0.4, -0.2) is 67.1 Å². The van der Waals surface area contributed by atoms with Gasteiger partial charge in [-0.3, -0.25) is 4.52 Å². The molecular formula is C29H28F3N4O8PS. The van der Waals surface area contributed by atoms with Gasteiger partial charge in [0.1, 0.15) is 30.1 Å². The molecule has 0 bridgehead atoms. The van der Waals surface area contributed by atoms with E-state index in [0.717, 1.165) is 18.2 Å². The second kappa shape index (κ2) is 15.7.